The first kappa shape index (κ1) is 14.2. The lowest BCUT2D eigenvalue weighted by Gasteiger charge is -2.23. The third-order valence-corrected chi connectivity index (χ3v) is 2.88. The Bertz CT molecular complexity index is 437. The maximum absolute atomic E-state index is 13.7. The number of nitrogens with zero attached hydrogens (tertiary/aromatic N) is 2. The molecule has 5 nitrogen and oxygen atoms in total. The Kier molecular flexibility index (Phi) is 4.91. The maximum Gasteiger partial charge on any atom is 0.156 e. The number of methoxy groups -OCH3 is 1. The Morgan fingerprint density at radius 1 is 1.61 bits per heavy atom. The van der Waals surface area contributed by atoms with Crippen LogP contribution in [0.4, 0.5) is 4.39 Å². The highest BCUT2D eigenvalue weighted by Gasteiger charge is 2.15. The van der Waals surface area contributed by atoms with Gasteiger partial charge in [-0.25, -0.2) is 4.39 Å². The van der Waals surface area contributed by atoms with Gasteiger partial charge in [-0.3, -0.25) is 4.90 Å². The molecule has 0 saturated heterocycles. The van der Waals surface area contributed by atoms with E-state index in [4.69, 9.17) is 15.7 Å². The van der Waals surface area contributed by atoms with Gasteiger partial charge in [0, 0.05) is 18.2 Å². The van der Waals surface area contributed by atoms with Gasteiger partial charge in [0.1, 0.15) is 11.6 Å². The Labute approximate surface area is 106 Å². The molecule has 0 spiro atoms. The van der Waals surface area contributed by atoms with Gasteiger partial charge in [-0.2, -0.15) is 0 Å². The minimum Gasteiger partial charge on any atom is -0.497 e. The molecule has 1 atom stereocenters. The van der Waals surface area contributed by atoms with E-state index >= 15 is 0 Å². The lowest BCUT2D eigenvalue weighted by molar-refractivity contribution is 0.276. The molecule has 18 heavy (non-hydrogen) atoms. The molecule has 1 aromatic rings. The highest BCUT2D eigenvalue weighted by molar-refractivity contribution is 5.84. The smallest absolute Gasteiger partial charge is 0.156 e. The number of halogens is 1. The molecule has 0 amide bonds. The van der Waals surface area contributed by atoms with Crippen molar-refractivity contribution >= 4 is 5.84 Å². The van der Waals surface area contributed by atoms with Crippen molar-refractivity contribution in [2.75, 3.05) is 14.2 Å². The van der Waals surface area contributed by atoms with Crippen molar-refractivity contribution in [1.29, 1.82) is 0 Å². The van der Waals surface area contributed by atoms with E-state index in [1.807, 2.05) is 0 Å². The fourth-order valence-electron chi connectivity index (χ4n) is 1.50. The normalized spacial score (nSPS) is 13.7. The molecule has 0 aliphatic rings. The van der Waals surface area contributed by atoms with Crippen molar-refractivity contribution in [3.8, 4) is 5.75 Å². The molecule has 0 saturated carbocycles. The molecule has 1 aromatic carbocycles. The summed E-state index contributed by atoms with van der Waals surface area (Å²) in [7, 11) is 3.26. The fourth-order valence-corrected chi connectivity index (χ4v) is 1.50. The van der Waals surface area contributed by atoms with Gasteiger partial charge in [0.05, 0.1) is 13.2 Å². The number of ether oxygens (including phenoxy) is 1. The summed E-state index contributed by atoms with van der Waals surface area (Å²) in [5, 5.41) is 11.5. The van der Waals surface area contributed by atoms with Crippen LogP contribution in [0.5, 0.6) is 5.75 Å². The van der Waals surface area contributed by atoms with E-state index < -0.39 is 0 Å². The maximum atomic E-state index is 13.7. The summed E-state index contributed by atoms with van der Waals surface area (Å²) in [4.78, 5) is 1.78. The van der Waals surface area contributed by atoms with Gasteiger partial charge in [-0.1, -0.05) is 11.2 Å². The van der Waals surface area contributed by atoms with Gasteiger partial charge in [-0.15, -0.1) is 0 Å². The second-order valence-electron chi connectivity index (χ2n) is 4.07. The number of rotatable bonds is 5. The first-order valence-corrected chi connectivity index (χ1v) is 5.49. The molecule has 6 heteroatoms. The van der Waals surface area contributed by atoms with Crippen molar-refractivity contribution in [3.05, 3.63) is 29.6 Å². The zero-order valence-corrected chi connectivity index (χ0v) is 10.7. The van der Waals surface area contributed by atoms with Gasteiger partial charge in [-0.05, 0) is 20.0 Å². The summed E-state index contributed by atoms with van der Waals surface area (Å²) in [6.07, 6.45) is 0. The largest absolute Gasteiger partial charge is 0.497 e. The molecule has 0 aliphatic heterocycles. The van der Waals surface area contributed by atoms with Crippen LogP contribution in [0.2, 0.25) is 0 Å². The number of benzene rings is 1. The molecule has 0 fully saturated rings. The van der Waals surface area contributed by atoms with E-state index in [1.165, 1.54) is 13.2 Å². The topological polar surface area (TPSA) is 71.1 Å². The zero-order valence-electron chi connectivity index (χ0n) is 10.7. The third kappa shape index (κ3) is 3.33. The van der Waals surface area contributed by atoms with Crippen molar-refractivity contribution in [2.24, 2.45) is 10.9 Å². The zero-order chi connectivity index (χ0) is 13.7. The molecular weight excluding hydrogens is 237 g/mol. The van der Waals surface area contributed by atoms with E-state index in [1.54, 1.807) is 31.0 Å². The van der Waals surface area contributed by atoms with Crippen molar-refractivity contribution in [3.63, 3.8) is 0 Å². The summed E-state index contributed by atoms with van der Waals surface area (Å²) in [6.45, 7) is 2.13. The van der Waals surface area contributed by atoms with Crippen LogP contribution in [0.25, 0.3) is 0 Å². The SMILES string of the molecule is COc1ccc(CN(C)C(C)/C(N)=N/O)c(F)c1. The molecule has 1 unspecified atom stereocenters. The molecule has 3 N–H and O–H groups in total. The van der Waals surface area contributed by atoms with Gasteiger partial charge >= 0.3 is 0 Å². The standard InChI is InChI=1S/C12H18FN3O2/c1-8(12(14)15-17)16(2)7-9-4-5-10(18-3)6-11(9)13/h4-6,8,17H,7H2,1-3H3,(H2,14,15). The van der Waals surface area contributed by atoms with Crippen LogP contribution < -0.4 is 10.5 Å². The monoisotopic (exact) mass is 255 g/mol. The number of hydrogen-bond donors (Lipinski definition) is 2. The molecule has 0 radical (unpaired) electrons. The van der Waals surface area contributed by atoms with Crippen LogP contribution in [-0.2, 0) is 6.54 Å². The lowest BCUT2D eigenvalue weighted by atomic mass is 10.1. The van der Waals surface area contributed by atoms with Crippen LogP contribution >= 0.6 is 0 Å². The summed E-state index contributed by atoms with van der Waals surface area (Å²) in [5.74, 6) is 0.225. The Morgan fingerprint density at radius 3 is 2.78 bits per heavy atom. The average molecular weight is 255 g/mol. The molecule has 1 rings (SSSR count). The van der Waals surface area contributed by atoms with Gasteiger partial charge < -0.3 is 15.7 Å². The Balaban J connectivity index is 2.79. The predicted octanol–water partition coefficient (Wildman–Crippen LogP) is 1.40. The minimum atomic E-state index is -0.340. The van der Waals surface area contributed by atoms with E-state index in [0.717, 1.165) is 0 Å². The second kappa shape index (κ2) is 6.20. The molecule has 0 aromatic heterocycles. The number of amidine groups is 1. The highest BCUT2D eigenvalue weighted by Crippen LogP contribution is 2.18. The van der Waals surface area contributed by atoms with E-state index in [0.29, 0.717) is 17.9 Å². The van der Waals surface area contributed by atoms with Gasteiger partial charge in [0.25, 0.3) is 0 Å². The number of oxime groups is 1. The summed E-state index contributed by atoms with van der Waals surface area (Å²) >= 11 is 0. The van der Waals surface area contributed by atoms with Crippen LogP contribution in [0.15, 0.2) is 23.4 Å². The fraction of sp³-hybridized carbons (Fsp3) is 0.417. The molecule has 0 bridgehead atoms. The first-order valence-electron chi connectivity index (χ1n) is 5.49. The third-order valence-electron chi connectivity index (χ3n) is 2.88. The number of hydrogen-bond acceptors (Lipinski definition) is 4. The summed E-state index contributed by atoms with van der Waals surface area (Å²) in [6, 6.07) is 4.40. The molecule has 0 aliphatic carbocycles. The first-order chi connectivity index (χ1) is 8.49. The van der Waals surface area contributed by atoms with Crippen LogP contribution in [0.3, 0.4) is 0 Å². The van der Waals surface area contributed by atoms with Crippen LogP contribution in [0.1, 0.15) is 12.5 Å². The van der Waals surface area contributed by atoms with Crippen molar-refractivity contribution in [1.82, 2.24) is 4.90 Å². The summed E-state index contributed by atoms with van der Waals surface area (Å²) < 4.78 is 18.7. The molecular formula is C12H18FN3O2. The van der Waals surface area contributed by atoms with Crippen molar-refractivity contribution in [2.45, 2.75) is 19.5 Å². The highest BCUT2D eigenvalue weighted by atomic mass is 19.1. The quantitative estimate of drug-likeness (QED) is 0.361. The van der Waals surface area contributed by atoms with Crippen LogP contribution in [-0.4, -0.2) is 36.1 Å². The lowest BCUT2D eigenvalue weighted by Crippen LogP contribution is -2.40. The van der Waals surface area contributed by atoms with Gasteiger partial charge in [0.15, 0.2) is 5.84 Å². The summed E-state index contributed by atoms with van der Waals surface area (Å²) in [5.41, 5.74) is 6.02. The number of nitrogens with two attached hydrogens (primary N) is 1. The van der Waals surface area contributed by atoms with Gasteiger partial charge in [0.2, 0.25) is 0 Å². The molecule has 100 valence electrons. The van der Waals surface area contributed by atoms with E-state index in [-0.39, 0.29) is 17.7 Å². The Morgan fingerprint density at radius 2 is 2.28 bits per heavy atom. The Hall–Kier alpha value is -1.82. The van der Waals surface area contributed by atoms with Crippen LogP contribution in [0, 0.1) is 5.82 Å². The second-order valence-corrected chi connectivity index (χ2v) is 4.07. The number of likely N-dealkylation sites (N-methyl/N-ethyl adjacent to an activating group) is 1. The van der Waals surface area contributed by atoms with E-state index in [9.17, 15) is 4.39 Å². The van der Waals surface area contributed by atoms with E-state index in [2.05, 4.69) is 5.16 Å². The average Bonchev–Trinajstić information content (AvgIpc) is 2.38. The van der Waals surface area contributed by atoms with Crippen molar-refractivity contribution < 1.29 is 14.3 Å². The minimum absolute atomic E-state index is 0.0893. The predicted molar refractivity (Wildman–Crippen MR) is 67.3 cm³/mol. The molecule has 0 heterocycles.